The Labute approximate surface area is 118 Å². The lowest BCUT2D eigenvalue weighted by atomic mass is 10.3. The molecule has 0 aromatic carbocycles. The van der Waals surface area contributed by atoms with Crippen LogP contribution in [0.5, 0.6) is 0 Å². The summed E-state index contributed by atoms with van der Waals surface area (Å²) in [5.41, 5.74) is 0. The SMILES string of the molecule is CC(NS(=O)(=O)CCCCNC1CC1)c1nccs1. The Morgan fingerprint density at radius 3 is 2.89 bits per heavy atom. The van der Waals surface area contributed by atoms with E-state index in [0.29, 0.717) is 12.5 Å². The molecule has 1 unspecified atom stereocenters. The van der Waals surface area contributed by atoms with Crippen molar-refractivity contribution < 1.29 is 8.42 Å². The molecule has 0 amide bonds. The molecule has 2 rings (SSSR count). The van der Waals surface area contributed by atoms with Crippen molar-refractivity contribution in [3.63, 3.8) is 0 Å². The highest BCUT2D eigenvalue weighted by molar-refractivity contribution is 7.89. The minimum Gasteiger partial charge on any atom is -0.314 e. The summed E-state index contributed by atoms with van der Waals surface area (Å²) in [5, 5.41) is 6.04. The normalized spacial score (nSPS) is 17.5. The second kappa shape index (κ2) is 6.78. The minimum atomic E-state index is -3.20. The first-order valence-corrected chi connectivity index (χ1v) is 9.23. The molecule has 1 saturated carbocycles. The average Bonchev–Trinajstić information content (AvgIpc) is 3.00. The number of nitrogens with one attached hydrogen (secondary N) is 2. The van der Waals surface area contributed by atoms with E-state index in [1.165, 1.54) is 24.2 Å². The van der Waals surface area contributed by atoms with Gasteiger partial charge in [-0.1, -0.05) is 0 Å². The second-order valence-corrected chi connectivity index (χ2v) is 7.76. The van der Waals surface area contributed by atoms with Gasteiger partial charge in [-0.3, -0.25) is 0 Å². The van der Waals surface area contributed by atoms with Crippen LogP contribution in [-0.2, 0) is 10.0 Å². The third kappa shape index (κ3) is 5.56. The Hall–Kier alpha value is -0.500. The maximum Gasteiger partial charge on any atom is 0.212 e. The molecular formula is C12H21N3O2S2. The lowest BCUT2D eigenvalue weighted by Crippen LogP contribution is -2.29. The van der Waals surface area contributed by atoms with Crippen LogP contribution >= 0.6 is 11.3 Å². The van der Waals surface area contributed by atoms with Gasteiger partial charge in [0.2, 0.25) is 10.0 Å². The smallest absolute Gasteiger partial charge is 0.212 e. The van der Waals surface area contributed by atoms with E-state index in [2.05, 4.69) is 15.0 Å². The van der Waals surface area contributed by atoms with Gasteiger partial charge >= 0.3 is 0 Å². The number of rotatable bonds is 9. The maximum absolute atomic E-state index is 11.9. The van der Waals surface area contributed by atoms with Crippen molar-refractivity contribution >= 4 is 21.4 Å². The highest BCUT2D eigenvalue weighted by atomic mass is 32.2. The van der Waals surface area contributed by atoms with Crippen molar-refractivity contribution in [2.24, 2.45) is 0 Å². The number of hydrogen-bond acceptors (Lipinski definition) is 5. The third-order valence-electron chi connectivity index (χ3n) is 3.03. The Bertz CT molecular complexity index is 469. The van der Waals surface area contributed by atoms with Gasteiger partial charge in [0, 0.05) is 17.6 Å². The number of thiazole rings is 1. The van der Waals surface area contributed by atoms with E-state index < -0.39 is 10.0 Å². The highest BCUT2D eigenvalue weighted by Gasteiger charge is 2.20. The molecule has 0 saturated heterocycles. The summed E-state index contributed by atoms with van der Waals surface area (Å²) in [5.74, 6) is 0.190. The van der Waals surface area contributed by atoms with Gasteiger partial charge in [-0.05, 0) is 39.2 Å². The van der Waals surface area contributed by atoms with Crippen LogP contribution in [0.1, 0.15) is 43.7 Å². The molecule has 0 aliphatic heterocycles. The van der Waals surface area contributed by atoms with E-state index in [4.69, 9.17) is 0 Å². The topological polar surface area (TPSA) is 71.1 Å². The molecule has 1 aliphatic rings. The molecule has 1 heterocycles. The van der Waals surface area contributed by atoms with Crippen molar-refractivity contribution in [1.82, 2.24) is 15.0 Å². The van der Waals surface area contributed by atoms with E-state index >= 15 is 0 Å². The van der Waals surface area contributed by atoms with Crippen LogP contribution in [0.2, 0.25) is 0 Å². The first-order chi connectivity index (χ1) is 9.07. The van der Waals surface area contributed by atoms with E-state index in [-0.39, 0.29) is 11.8 Å². The third-order valence-corrected chi connectivity index (χ3v) is 5.53. The van der Waals surface area contributed by atoms with Crippen molar-refractivity contribution in [1.29, 1.82) is 0 Å². The maximum atomic E-state index is 11.9. The molecule has 1 atom stereocenters. The van der Waals surface area contributed by atoms with Gasteiger partial charge in [0.25, 0.3) is 0 Å². The minimum absolute atomic E-state index is 0.190. The molecule has 1 aliphatic carbocycles. The number of sulfonamides is 1. The van der Waals surface area contributed by atoms with Crippen LogP contribution in [0.15, 0.2) is 11.6 Å². The quantitative estimate of drug-likeness (QED) is 0.681. The zero-order valence-corrected chi connectivity index (χ0v) is 12.8. The van der Waals surface area contributed by atoms with E-state index in [0.717, 1.165) is 18.0 Å². The van der Waals surface area contributed by atoms with Crippen molar-refractivity contribution in [3.8, 4) is 0 Å². The zero-order chi connectivity index (χ0) is 13.7. The summed E-state index contributed by atoms with van der Waals surface area (Å²) in [6.45, 7) is 2.74. The molecule has 1 aromatic rings. The monoisotopic (exact) mass is 303 g/mol. The van der Waals surface area contributed by atoms with Crippen molar-refractivity contribution in [2.75, 3.05) is 12.3 Å². The van der Waals surface area contributed by atoms with Gasteiger partial charge < -0.3 is 5.32 Å². The molecule has 5 nitrogen and oxygen atoms in total. The number of nitrogens with zero attached hydrogens (tertiary/aromatic N) is 1. The predicted molar refractivity (Wildman–Crippen MR) is 77.7 cm³/mol. The summed E-state index contributed by atoms with van der Waals surface area (Å²) in [4.78, 5) is 4.12. The van der Waals surface area contributed by atoms with Gasteiger partial charge in [-0.2, -0.15) is 0 Å². The summed E-state index contributed by atoms with van der Waals surface area (Å²) in [7, 11) is -3.20. The van der Waals surface area contributed by atoms with Gasteiger partial charge in [-0.15, -0.1) is 11.3 Å². The molecule has 7 heteroatoms. The predicted octanol–water partition coefficient (Wildman–Crippen LogP) is 1.66. The molecule has 19 heavy (non-hydrogen) atoms. The van der Waals surface area contributed by atoms with E-state index in [1.54, 1.807) is 6.20 Å². The molecule has 0 bridgehead atoms. The summed E-state index contributed by atoms with van der Waals surface area (Å²) < 4.78 is 26.5. The molecule has 0 radical (unpaired) electrons. The van der Waals surface area contributed by atoms with Crippen molar-refractivity contribution in [3.05, 3.63) is 16.6 Å². The zero-order valence-electron chi connectivity index (χ0n) is 11.1. The summed E-state index contributed by atoms with van der Waals surface area (Å²) in [6.07, 6.45) is 5.83. The van der Waals surface area contributed by atoms with Gasteiger partial charge in [0.15, 0.2) is 0 Å². The van der Waals surface area contributed by atoms with Crippen LogP contribution in [0.25, 0.3) is 0 Å². The Kier molecular flexibility index (Phi) is 5.32. The fourth-order valence-corrected chi connectivity index (χ4v) is 3.91. The molecule has 0 spiro atoms. The standard InChI is InChI=1S/C12H21N3O2S2/c1-10(12-14-7-8-18-12)15-19(16,17)9-3-2-6-13-11-4-5-11/h7-8,10-11,13,15H,2-6,9H2,1H3. The highest BCUT2D eigenvalue weighted by Crippen LogP contribution is 2.18. The molecule has 108 valence electrons. The largest absolute Gasteiger partial charge is 0.314 e. The summed E-state index contributed by atoms with van der Waals surface area (Å²) in [6, 6.07) is 0.453. The Morgan fingerprint density at radius 1 is 1.47 bits per heavy atom. The Morgan fingerprint density at radius 2 is 2.26 bits per heavy atom. The summed E-state index contributed by atoms with van der Waals surface area (Å²) >= 11 is 1.47. The van der Waals surface area contributed by atoms with E-state index in [9.17, 15) is 8.42 Å². The number of unbranched alkanes of at least 4 members (excludes halogenated alkanes) is 1. The molecule has 2 N–H and O–H groups in total. The first-order valence-electron chi connectivity index (χ1n) is 6.69. The van der Waals surface area contributed by atoms with E-state index in [1.807, 2.05) is 12.3 Å². The molecule has 1 fully saturated rings. The van der Waals surface area contributed by atoms with Gasteiger partial charge in [0.1, 0.15) is 5.01 Å². The number of aromatic nitrogens is 1. The molecule has 1 aromatic heterocycles. The fraction of sp³-hybridized carbons (Fsp3) is 0.750. The lowest BCUT2D eigenvalue weighted by molar-refractivity contribution is 0.559. The van der Waals surface area contributed by atoms with Crippen LogP contribution < -0.4 is 10.0 Å². The van der Waals surface area contributed by atoms with Crippen LogP contribution in [-0.4, -0.2) is 31.7 Å². The van der Waals surface area contributed by atoms with Crippen molar-refractivity contribution in [2.45, 2.75) is 44.7 Å². The second-order valence-electron chi connectivity index (χ2n) is 4.96. The average molecular weight is 303 g/mol. The van der Waals surface area contributed by atoms with Crippen LogP contribution in [0, 0.1) is 0 Å². The van der Waals surface area contributed by atoms with Crippen LogP contribution in [0.4, 0.5) is 0 Å². The lowest BCUT2D eigenvalue weighted by Gasteiger charge is -2.11. The molecular weight excluding hydrogens is 282 g/mol. The number of hydrogen-bond donors (Lipinski definition) is 2. The van der Waals surface area contributed by atoms with Gasteiger partial charge in [0.05, 0.1) is 11.8 Å². The fourth-order valence-electron chi connectivity index (χ4n) is 1.84. The van der Waals surface area contributed by atoms with Gasteiger partial charge in [-0.25, -0.2) is 18.1 Å². The Balaban J connectivity index is 1.65. The first kappa shape index (κ1) is 14.9. The van der Waals surface area contributed by atoms with Crippen LogP contribution in [0.3, 0.4) is 0 Å².